The van der Waals surface area contributed by atoms with Crippen LogP contribution in [0.25, 0.3) is 0 Å². The second kappa shape index (κ2) is 5.52. The van der Waals surface area contributed by atoms with Gasteiger partial charge in [0.15, 0.2) is 5.82 Å². The molecular formula is C11H14ClFN2O2S. The molecule has 1 saturated heterocycles. The minimum Gasteiger partial charge on any atom is -0.315 e. The van der Waals surface area contributed by atoms with E-state index in [9.17, 15) is 12.8 Å². The number of halogens is 2. The Bertz CT molecular complexity index is 530. The molecule has 0 saturated carbocycles. The lowest BCUT2D eigenvalue weighted by Crippen LogP contribution is -2.45. The van der Waals surface area contributed by atoms with Crippen molar-refractivity contribution in [2.24, 2.45) is 0 Å². The van der Waals surface area contributed by atoms with E-state index in [4.69, 9.17) is 11.6 Å². The Morgan fingerprint density at radius 2 is 2.22 bits per heavy atom. The normalized spacial score (nSPS) is 20.9. The van der Waals surface area contributed by atoms with Gasteiger partial charge in [0, 0.05) is 12.6 Å². The highest BCUT2D eigenvalue weighted by Crippen LogP contribution is 2.22. The van der Waals surface area contributed by atoms with Gasteiger partial charge in [0.25, 0.3) is 0 Å². The zero-order chi connectivity index (χ0) is 13.2. The molecule has 4 nitrogen and oxygen atoms in total. The van der Waals surface area contributed by atoms with Gasteiger partial charge in [-0.25, -0.2) is 17.5 Å². The van der Waals surface area contributed by atoms with Crippen LogP contribution in [0.3, 0.4) is 0 Å². The Kier molecular flexibility index (Phi) is 4.21. The zero-order valence-corrected chi connectivity index (χ0v) is 11.2. The first-order valence-corrected chi connectivity index (χ1v) is 7.54. The molecule has 1 aromatic carbocycles. The molecule has 2 rings (SSSR count). The van der Waals surface area contributed by atoms with Crippen molar-refractivity contribution in [1.29, 1.82) is 0 Å². The largest absolute Gasteiger partial charge is 0.315 e. The van der Waals surface area contributed by atoms with Gasteiger partial charge in [0.1, 0.15) is 4.90 Å². The molecule has 0 aromatic heterocycles. The molecule has 18 heavy (non-hydrogen) atoms. The van der Waals surface area contributed by atoms with E-state index < -0.39 is 20.7 Å². The van der Waals surface area contributed by atoms with Crippen LogP contribution >= 0.6 is 11.6 Å². The molecule has 100 valence electrons. The number of rotatable bonds is 3. The summed E-state index contributed by atoms with van der Waals surface area (Å²) in [6.07, 6.45) is 1.64. The molecule has 0 radical (unpaired) electrons. The average Bonchev–Trinajstić information content (AvgIpc) is 2.33. The third kappa shape index (κ3) is 3.00. The highest BCUT2D eigenvalue weighted by molar-refractivity contribution is 7.89. The van der Waals surface area contributed by atoms with Crippen LogP contribution < -0.4 is 10.0 Å². The van der Waals surface area contributed by atoms with Crippen molar-refractivity contribution in [3.05, 3.63) is 29.0 Å². The molecule has 1 atom stereocenters. The van der Waals surface area contributed by atoms with Crippen LogP contribution in [0.15, 0.2) is 23.1 Å². The van der Waals surface area contributed by atoms with Crippen molar-refractivity contribution < 1.29 is 12.8 Å². The highest BCUT2D eigenvalue weighted by atomic mass is 35.5. The molecule has 7 heteroatoms. The third-order valence-electron chi connectivity index (χ3n) is 2.82. The Hall–Kier alpha value is -0.690. The standard InChI is InChI=1S/C11H14ClFN2O2S/c12-9-4-1-5-10(11(9)13)18(16,17)15-8-3-2-6-14-7-8/h1,4-5,8,14-15H,2-3,6-7H2. The number of benzene rings is 1. The smallest absolute Gasteiger partial charge is 0.243 e. The molecule has 1 fully saturated rings. The molecule has 0 bridgehead atoms. The van der Waals surface area contributed by atoms with Gasteiger partial charge < -0.3 is 5.32 Å². The maximum atomic E-state index is 13.7. The summed E-state index contributed by atoms with van der Waals surface area (Å²) in [7, 11) is -3.86. The molecule has 2 N–H and O–H groups in total. The van der Waals surface area contributed by atoms with Crippen molar-refractivity contribution in [2.45, 2.75) is 23.8 Å². The predicted octanol–water partition coefficient (Wildman–Crippen LogP) is 1.51. The van der Waals surface area contributed by atoms with E-state index in [0.29, 0.717) is 6.54 Å². The maximum Gasteiger partial charge on any atom is 0.243 e. The van der Waals surface area contributed by atoms with Gasteiger partial charge in [-0.05, 0) is 31.5 Å². The SMILES string of the molecule is O=S(=O)(NC1CCCNC1)c1cccc(Cl)c1F. The van der Waals surface area contributed by atoms with Crippen molar-refractivity contribution in [2.75, 3.05) is 13.1 Å². The molecule has 1 unspecified atom stereocenters. The number of nitrogens with one attached hydrogen (secondary N) is 2. The maximum absolute atomic E-state index is 13.7. The van der Waals surface area contributed by atoms with E-state index in [1.54, 1.807) is 0 Å². The summed E-state index contributed by atoms with van der Waals surface area (Å²) < 4.78 is 40.2. The molecule has 1 aliphatic rings. The summed E-state index contributed by atoms with van der Waals surface area (Å²) in [4.78, 5) is -0.402. The first-order valence-electron chi connectivity index (χ1n) is 5.68. The molecule has 1 heterocycles. The molecule has 1 aliphatic heterocycles. The van der Waals surface area contributed by atoms with Gasteiger partial charge in [-0.2, -0.15) is 0 Å². The van der Waals surface area contributed by atoms with Crippen molar-refractivity contribution in [3.8, 4) is 0 Å². The van der Waals surface area contributed by atoms with Gasteiger partial charge in [-0.1, -0.05) is 17.7 Å². The second-order valence-electron chi connectivity index (χ2n) is 4.22. The first kappa shape index (κ1) is 13.7. The van der Waals surface area contributed by atoms with Crippen LogP contribution in [-0.4, -0.2) is 27.5 Å². The van der Waals surface area contributed by atoms with Crippen LogP contribution in [0, 0.1) is 5.82 Å². The fourth-order valence-corrected chi connectivity index (χ4v) is 3.53. The summed E-state index contributed by atoms with van der Waals surface area (Å²) in [5.41, 5.74) is 0. The summed E-state index contributed by atoms with van der Waals surface area (Å²) in [5.74, 6) is -0.907. The van der Waals surface area contributed by atoms with Crippen molar-refractivity contribution in [3.63, 3.8) is 0 Å². The minimum atomic E-state index is -3.86. The van der Waals surface area contributed by atoms with E-state index >= 15 is 0 Å². The lowest BCUT2D eigenvalue weighted by Gasteiger charge is -2.23. The number of sulfonamides is 1. The Morgan fingerprint density at radius 3 is 2.89 bits per heavy atom. The molecule has 1 aromatic rings. The second-order valence-corrected chi connectivity index (χ2v) is 6.31. The van der Waals surface area contributed by atoms with Crippen LogP contribution in [0.4, 0.5) is 4.39 Å². The Balaban J connectivity index is 2.22. The quantitative estimate of drug-likeness (QED) is 0.888. The first-order chi connectivity index (χ1) is 8.50. The van der Waals surface area contributed by atoms with Gasteiger partial charge in [-0.15, -0.1) is 0 Å². The molecule has 0 aliphatic carbocycles. The lowest BCUT2D eigenvalue weighted by atomic mass is 10.1. The Morgan fingerprint density at radius 1 is 1.44 bits per heavy atom. The molecule has 0 spiro atoms. The average molecular weight is 293 g/mol. The van der Waals surface area contributed by atoms with E-state index in [0.717, 1.165) is 19.4 Å². The predicted molar refractivity (Wildman–Crippen MR) is 67.6 cm³/mol. The minimum absolute atomic E-state index is 0.195. The van der Waals surface area contributed by atoms with E-state index in [2.05, 4.69) is 10.0 Å². The molecular weight excluding hydrogens is 279 g/mol. The third-order valence-corrected chi connectivity index (χ3v) is 4.65. The lowest BCUT2D eigenvalue weighted by molar-refractivity contribution is 0.427. The summed E-state index contributed by atoms with van der Waals surface area (Å²) in [6, 6.07) is 3.74. The molecule has 0 amide bonds. The fourth-order valence-electron chi connectivity index (χ4n) is 1.93. The number of piperidine rings is 1. The van der Waals surface area contributed by atoms with Gasteiger partial charge in [0.2, 0.25) is 10.0 Å². The highest BCUT2D eigenvalue weighted by Gasteiger charge is 2.25. The van der Waals surface area contributed by atoms with Crippen LogP contribution in [0.2, 0.25) is 5.02 Å². The van der Waals surface area contributed by atoms with Gasteiger partial charge >= 0.3 is 0 Å². The van der Waals surface area contributed by atoms with Crippen LogP contribution in [0.1, 0.15) is 12.8 Å². The number of hydrogen-bond donors (Lipinski definition) is 2. The van der Waals surface area contributed by atoms with E-state index in [1.807, 2.05) is 0 Å². The van der Waals surface area contributed by atoms with Crippen LogP contribution in [-0.2, 0) is 10.0 Å². The van der Waals surface area contributed by atoms with Gasteiger partial charge in [0.05, 0.1) is 5.02 Å². The zero-order valence-electron chi connectivity index (χ0n) is 9.62. The van der Waals surface area contributed by atoms with E-state index in [-0.39, 0.29) is 11.1 Å². The number of hydrogen-bond acceptors (Lipinski definition) is 3. The van der Waals surface area contributed by atoms with Gasteiger partial charge in [-0.3, -0.25) is 0 Å². The Labute approximate surface area is 111 Å². The monoisotopic (exact) mass is 292 g/mol. The summed E-state index contributed by atoms with van der Waals surface area (Å²) in [6.45, 7) is 1.44. The summed E-state index contributed by atoms with van der Waals surface area (Å²) >= 11 is 5.58. The van der Waals surface area contributed by atoms with Crippen molar-refractivity contribution in [1.82, 2.24) is 10.0 Å². The van der Waals surface area contributed by atoms with Crippen molar-refractivity contribution >= 4 is 21.6 Å². The van der Waals surface area contributed by atoms with Crippen LogP contribution in [0.5, 0.6) is 0 Å². The fraction of sp³-hybridized carbons (Fsp3) is 0.455. The summed E-state index contributed by atoms with van der Waals surface area (Å²) in [5, 5.41) is 2.89. The van der Waals surface area contributed by atoms with E-state index in [1.165, 1.54) is 18.2 Å². The topological polar surface area (TPSA) is 58.2 Å².